The van der Waals surface area contributed by atoms with Crippen LogP contribution in [-0.2, 0) is 31.0 Å². The molecule has 3 aliphatic heterocycles. The molecule has 10 heteroatoms. The molecule has 4 heterocycles. The molecule has 52 heavy (non-hydrogen) atoms. The first kappa shape index (κ1) is 33.3. The second-order valence-corrected chi connectivity index (χ2v) is 13.3. The van der Waals surface area contributed by atoms with Crippen LogP contribution in [0.5, 0.6) is 5.75 Å². The number of anilines is 1. The second kappa shape index (κ2) is 14.1. The van der Waals surface area contributed by atoms with E-state index in [0.717, 1.165) is 16.8 Å². The molecular formula is C42H38N4O6. The van der Waals surface area contributed by atoms with E-state index in [-0.39, 0.29) is 25.7 Å². The quantitative estimate of drug-likeness (QED) is 0.173. The van der Waals surface area contributed by atoms with Crippen LogP contribution in [0.2, 0.25) is 0 Å². The number of hydrogen-bond acceptors (Lipinski definition) is 8. The van der Waals surface area contributed by atoms with Crippen molar-refractivity contribution in [2.24, 2.45) is 5.92 Å². The number of aromatic nitrogens is 1. The molecule has 10 nitrogen and oxygen atoms in total. The van der Waals surface area contributed by atoms with E-state index < -0.39 is 47.4 Å². The van der Waals surface area contributed by atoms with E-state index in [2.05, 4.69) is 20.5 Å². The molecular weight excluding hydrogens is 656 g/mol. The minimum absolute atomic E-state index is 0.0747. The van der Waals surface area contributed by atoms with Crippen molar-refractivity contribution in [1.29, 1.82) is 0 Å². The third-order valence-electron chi connectivity index (χ3n) is 10.4. The van der Waals surface area contributed by atoms with Crippen LogP contribution < -0.4 is 15.4 Å². The molecule has 262 valence electrons. The van der Waals surface area contributed by atoms with Crippen LogP contribution in [0.3, 0.4) is 0 Å². The molecule has 0 bridgehead atoms. The molecule has 2 saturated heterocycles. The van der Waals surface area contributed by atoms with E-state index in [4.69, 9.17) is 9.47 Å². The van der Waals surface area contributed by atoms with Crippen LogP contribution in [0, 0.1) is 5.92 Å². The first-order valence-electron chi connectivity index (χ1n) is 17.5. The number of ether oxygens (including phenoxy) is 2. The highest BCUT2D eigenvalue weighted by atomic mass is 16.6. The van der Waals surface area contributed by atoms with Crippen molar-refractivity contribution >= 4 is 23.5 Å². The zero-order chi connectivity index (χ0) is 35.7. The van der Waals surface area contributed by atoms with Gasteiger partial charge in [-0.15, -0.1) is 0 Å². The molecule has 3 N–H and O–H groups in total. The third-order valence-corrected chi connectivity index (χ3v) is 10.4. The van der Waals surface area contributed by atoms with Crippen LogP contribution in [0.1, 0.15) is 46.1 Å². The van der Waals surface area contributed by atoms with Crippen LogP contribution in [0.15, 0.2) is 134 Å². The summed E-state index contributed by atoms with van der Waals surface area (Å²) in [5.41, 5.74) is 2.78. The number of hydrogen-bond donors (Lipinski definition) is 3. The Labute approximate surface area is 301 Å². The Morgan fingerprint density at radius 1 is 0.846 bits per heavy atom. The van der Waals surface area contributed by atoms with Crippen molar-refractivity contribution in [2.75, 3.05) is 25.1 Å². The molecule has 4 aromatic carbocycles. The van der Waals surface area contributed by atoms with Crippen LogP contribution in [0.25, 0.3) is 0 Å². The van der Waals surface area contributed by atoms with Crippen molar-refractivity contribution in [3.8, 4) is 5.75 Å². The van der Waals surface area contributed by atoms with Crippen LogP contribution >= 0.6 is 0 Å². The molecule has 0 aliphatic carbocycles. The van der Waals surface area contributed by atoms with Gasteiger partial charge in [-0.2, -0.15) is 0 Å². The number of morpholine rings is 1. The summed E-state index contributed by atoms with van der Waals surface area (Å²) in [6.07, 6.45) is 1.41. The maximum absolute atomic E-state index is 15.0. The van der Waals surface area contributed by atoms with Gasteiger partial charge >= 0.3 is 5.97 Å². The maximum atomic E-state index is 15.0. The summed E-state index contributed by atoms with van der Waals surface area (Å²) in [6, 6.07) is 37.1. The van der Waals surface area contributed by atoms with Gasteiger partial charge in [0.15, 0.2) is 0 Å². The highest BCUT2D eigenvalue weighted by molar-refractivity contribution is 6.12. The monoisotopic (exact) mass is 694 g/mol. The number of nitrogens with zero attached hydrogens (tertiary/aromatic N) is 2. The minimum atomic E-state index is -1.57. The number of amides is 2. The summed E-state index contributed by atoms with van der Waals surface area (Å²) in [5.74, 6) is -2.10. The molecule has 0 unspecified atom stereocenters. The number of carbonyl (C=O) groups excluding carboxylic acids is 3. The Bertz CT molecular complexity index is 2080. The van der Waals surface area contributed by atoms with Crippen molar-refractivity contribution in [1.82, 2.24) is 15.2 Å². The average Bonchev–Trinajstić information content (AvgIpc) is 3.67. The van der Waals surface area contributed by atoms with E-state index in [1.165, 1.54) is 0 Å². The number of esters is 1. The summed E-state index contributed by atoms with van der Waals surface area (Å²) in [7, 11) is 0. The van der Waals surface area contributed by atoms with E-state index >= 15 is 4.79 Å². The Hall–Kier alpha value is -5.84. The number of para-hydroxylation sites is 1. The van der Waals surface area contributed by atoms with Gasteiger partial charge in [0.05, 0.1) is 24.6 Å². The van der Waals surface area contributed by atoms with Gasteiger partial charge in [-0.25, -0.2) is 0 Å². The Morgan fingerprint density at radius 2 is 1.56 bits per heavy atom. The Morgan fingerprint density at radius 3 is 2.31 bits per heavy atom. The molecule has 1 aromatic heterocycles. The summed E-state index contributed by atoms with van der Waals surface area (Å²) >= 11 is 0. The predicted molar refractivity (Wildman–Crippen MR) is 193 cm³/mol. The van der Waals surface area contributed by atoms with Crippen molar-refractivity contribution in [3.05, 3.63) is 162 Å². The first-order chi connectivity index (χ1) is 25.5. The van der Waals surface area contributed by atoms with E-state index in [1.807, 2.05) is 121 Å². The van der Waals surface area contributed by atoms with Crippen molar-refractivity contribution in [2.45, 2.75) is 36.1 Å². The molecule has 2 fully saturated rings. The molecule has 1 spiro atoms. The van der Waals surface area contributed by atoms with Crippen LogP contribution in [0.4, 0.5) is 5.69 Å². The SMILES string of the molecule is O=C1O[C@H](c2ccccc2)[C@H](c2ccccc2)N2[C@H]1[C@@H](C(=O)NCCc1ccccn1)[C@]1(C(=O)Nc3ccccc31)[C@H]2c1cccc(OCCO)c1. The minimum Gasteiger partial charge on any atom is -0.491 e. The number of benzene rings is 4. The van der Waals surface area contributed by atoms with Crippen LogP contribution in [-0.4, -0.2) is 58.6 Å². The standard InChI is InChI=1S/C42H38N4O6/c47-24-25-51-31-18-11-16-29(26-31)38-42(32-19-7-8-20-33(32)45-41(42)50)34(39(48)44-23-21-30-17-9-10-22-43-30)36-40(49)52-37(28-14-5-2-6-15-28)35(46(36)38)27-12-3-1-4-13-27/h1-20,22,26,34-38,47H,21,23-25H2,(H,44,48)(H,45,50)/t34-,35-,36-,37+,38+,42-/m0/s1. The average molecular weight is 695 g/mol. The van der Waals surface area contributed by atoms with Crippen molar-refractivity contribution < 1.29 is 29.0 Å². The molecule has 5 aromatic rings. The zero-order valence-corrected chi connectivity index (χ0v) is 28.3. The fourth-order valence-electron chi connectivity index (χ4n) is 8.46. The van der Waals surface area contributed by atoms with Gasteiger partial charge in [-0.05, 0) is 52.6 Å². The number of aliphatic hydroxyl groups excluding tert-OH is 1. The number of carbonyl (C=O) groups is 3. The summed E-state index contributed by atoms with van der Waals surface area (Å²) in [5, 5.41) is 15.7. The van der Waals surface area contributed by atoms with Gasteiger partial charge in [0.1, 0.15) is 29.9 Å². The lowest BCUT2D eigenvalue weighted by molar-refractivity contribution is -0.178. The van der Waals surface area contributed by atoms with E-state index in [9.17, 15) is 14.7 Å². The predicted octanol–water partition coefficient (Wildman–Crippen LogP) is 5.08. The number of pyridine rings is 1. The fraction of sp³-hybridized carbons (Fsp3) is 0.238. The molecule has 8 rings (SSSR count). The summed E-state index contributed by atoms with van der Waals surface area (Å²) in [4.78, 5) is 51.1. The van der Waals surface area contributed by atoms with Gasteiger partial charge in [-0.1, -0.05) is 97.1 Å². The normalized spacial score (nSPS) is 24.8. The van der Waals surface area contributed by atoms with Crippen molar-refractivity contribution in [3.63, 3.8) is 0 Å². The number of aliphatic hydroxyl groups is 1. The molecule has 0 radical (unpaired) electrons. The molecule has 0 saturated carbocycles. The smallest absolute Gasteiger partial charge is 0.324 e. The van der Waals surface area contributed by atoms with Gasteiger partial charge in [0, 0.05) is 30.5 Å². The van der Waals surface area contributed by atoms with Gasteiger partial charge in [0.25, 0.3) is 0 Å². The van der Waals surface area contributed by atoms with Gasteiger partial charge < -0.3 is 25.2 Å². The summed E-state index contributed by atoms with van der Waals surface area (Å²) in [6.45, 7) is 0.144. The highest BCUT2D eigenvalue weighted by Gasteiger charge is 2.74. The lowest BCUT2D eigenvalue weighted by Gasteiger charge is -2.46. The topological polar surface area (TPSA) is 130 Å². The van der Waals surface area contributed by atoms with Gasteiger partial charge in [-0.3, -0.25) is 24.3 Å². The van der Waals surface area contributed by atoms with E-state index in [0.29, 0.717) is 29.0 Å². The highest BCUT2D eigenvalue weighted by Crippen LogP contribution is 2.64. The molecule has 3 aliphatic rings. The number of cyclic esters (lactones) is 1. The lowest BCUT2D eigenvalue weighted by atomic mass is 9.65. The lowest BCUT2D eigenvalue weighted by Crippen LogP contribution is -2.55. The van der Waals surface area contributed by atoms with E-state index in [1.54, 1.807) is 12.3 Å². The summed E-state index contributed by atoms with van der Waals surface area (Å²) < 4.78 is 12.3. The maximum Gasteiger partial charge on any atom is 0.324 e. The Balaban J connectivity index is 1.36. The third kappa shape index (κ3) is 5.60. The number of fused-ring (bicyclic) bond motifs is 3. The number of rotatable bonds is 10. The molecule has 6 atom stereocenters. The van der Waals surface area contributed by atoms with Gasteiger partial charge in [0.2, 0.25) is 11.8 Å². The second-order valence-electron chi connectivity index (χ2n) is 13.3. The first-order valence-corrected chi connectivity index (χ1v) is 17.5. The molecule has 2 amide bonds. The fourth-order valence-corrected chi connectivity index (χ4v) is 8.46. The number of nitrogens with one attached hydrogen (secondary N) is 2. The Kier molecular flexibility index (Phi) is 9.00. The zero-order valence-electron chi connectivity index (χ0n) is 28.3. The largest absolute Gasteiger partial charge is 0.491 e.